The second kappa shape index (κ2) is 4.05. The van der Waals surface area contributed by atoms with Crippen molar-refractivity contribution in [1.82, 2.24) is 0 Å². The van der Waals surface area contributed by atoms with Gasteiger partial charge in [-0.1, -0.05) is 18.7 Å². The molecule has 0 N–H and O–H groups in total. The summed E-state index contributed by atoms with van der Waals surface area (Å²) < 4.78 is 16.3. The SMILES string of the molecule is C=CCOc1cccc2c1OCCO2. The minimum Gasteiger partial charge on any atom is -0.486 e. The van der Waals surface area contributed by atoms with Crippen LogP contribution < -0.4 is 14.2 Å². The van der Waals surface area contributed by atoms with Crippen LogP contribution in [0.1, 0.15) is 0 Å². The first kappa shape index (κ1) is 8.94. The van der Waals surface area contributed by atoms with Crippen molar-refractivity contribution in [2.45, 2.75) is 0 Å². The highest BCUT2D eigenvalue weighted by atomic mass is 16.6. The Labute approximate surface area is 82.9 Å². The molecule has 0 amide bonds. The number of para-hydroxylation sites is 1. The Hall–Kier alpha value is -1.64. The van der Waals surface area contributed by atoms with Gasteiger partial charge in [0.05, 0.1) is 0 Å². The molecule has 1 aliphatic rings. The Kier molecular flexibility index (Phi) is 2.58. The van der Waals surface area contributed by atoms with Crippen LogP contribution in [0.4, 0.5) is 0 Å². The summed E-state index contributed by atoms with van der Waals surface area (Å²) in [5.41, 5.74) is 0. The molecular formula is C11H12O3. The average Bonchev–Trinajstić information content (AvgIpc) is 2.26. The van der Waals surface area contributed by atoms with Crippen molar-refractivity contribution in [3.05, 3.63) is 30.9 Å². The fourth-order valence-corrected chi connectivity index (χ4v) is 1.31. The average molecular weight is 192 g/mol. The Morgan fingerprint density at radius 2 is 2.21 bits per heavy atom. The summed E-state index contributed by atoms with van der Waals surface area (Å²) in [6.07, 6.45) is 1.70. The van der Waals surface area contributed by atoms with Gasteiger partial charge in [-0.15, -0.1) is 0 Å². The molecule has 14 heavy (non-hydrogen) atoms. The largest absolute Gasteiger partial charge is 0.486 e. The van der Waals surface area contributed by atoms with Crippen molar-refractivity contribution in [2.24, 2.45) is 0 Å². The van der Waals surface area contributed by atoms with Gasteiger partial charge in [0.15, 0.2) is 11.5 Å². The van der Waals surface area contributed by atoms with E-state index in [9.17, 15) is 0 Å². The predicted octanol–water partition coefficient (Wildman–Crippen LogP) is 2.02. The van der Waals surface area contributed by atoms with Gasteiger partial charge >= 0.3 is 0 Å². The molecule has 1 aromatic rings. The fraction of sp³-hybridized carbons (Fsp3) is 0.273. The van der Waals surface area contributed by atoms with Gasteiger partial charge in [-0.25, -0.2) is 0 Å². The Morgan fingerprint density at radius 1 is 1.36 bits per heavy atom. The molecule has 0 radical (unpaired) electrons. The van der Waals surface area contributed by atoms with Gasteiger partial charge < -0.3 is 14.2 Å². The second-order valence-electron chi connectivity index (χ2n) is 2.88. The number of benzene rings is 1. The first-order valence-electron chi connectivity index (χ1n) is 4.54. The smallest absolute Gasteiger partial charge is 0.203 e. The lowest BCUT2D eigenvalue weighted by molar-refractivity contribution is 0.163. The predicted molar refractivity (Wildman–Crippen MR) is 53.1 cm³/mol. The summed E-state index contributed by atoms with van der Waals surface area (Å²) in [7, 11) is 0. The van der Waals surface area contributed by atoms with E-state index in [1.807, 2.05) is 18.2 Å². The van der Waals surface area contributed by atoms with Crippen LogP contribution in [0, 0.1) is 0 Å². The molecule has 0 fully saturated rings. The molecule has 1 heterocycles. The first-order valence-corrected chi connectivity index (χ1v) is 4.54. The van der Waals surface area contributed by atoms with E-state index in [1.165, 1.54) is 0 Å². The van der Waals surface area contributed by atoms with Crippen molar-refractivity contribution in [1.29, 1.82) is 0 Å². The van der Waals surface area contributed by atoms with Gasteiger partial charge in [-0.3, -0.25) is 0 Å². The Bertz CT molecular complexity index is 333. The van der Waals surface area contributed by atoms with Crippen LogP contribution in [-0.2, 0) is 0 Å². The topological polar surface area (TPSA) is 27.7 Å². The zero-order valence-corrected chi connectivity index (χ0v) is 7.86. The molecule has 3 nitrogen and oxygen atoms in total. The van der Waals surface area contributed by atoms with Gasteiger partial charge in [-0.05, 0) is 12.1 Å². The highest BCUT2D eigenvalue weighted by molar-refractivity contribution is 5.51. The van der Waals surface area contributed by atoms with Gasteiger partial charge in [0.1, 0.15) is 19.8 Å². The zero-order valence-electron chi connectivity index (χ0n) is 7.86. The van der Waals surface area contributed by atoms with E-state index in [0.717, 1.165) is 5.75 Å². The molecule has 0 saturated heterocycles. The maximum absolute atomic E-state index is 5.47. The normalized spacial score (nSPS) is 13.4. The summed E-state index contributed by atoms with van der Waals surface area (Å²) in [5.74, 6) is 2.15. The van der Waals surface area contributed by atoms with E-state index in [4.69, 9.17) is 14.2 Å². The number of ether oxygens (including phenoxy) is 3. The van der Waals surface area contributed by atoms with Crippen LogP contribution in [0.3, 0.4) is 0 Å². The van der Waals surface area contributed by atoms with E-state index in [-0.39, 0.29) is 0 Å². The lowest BCUT2D eigenvalue weighted by Crippen LogP contribution is -2.16. The van der Waals surface area contributed by atoms with Crippen LogP contribution >= 0.6 is 0 Å². The molecule has 0 spiro atoms. The fourth-order valence-electron chi connectivity index (χ4n) is 1.31. The van der Waals surface area contributed by atoms with E-state index in [2.05, 4.69) is 6.58 Å². The second-order valence-corrected chi connectivity index (χ2v) is 2.88. The maximum atomic E-state index is 5.47. The molecule has 0 saturated carbocycles. The lowest BCUT2D eigenvalue weighted by Gasteiger charge is -2.20. The Balaban J connectivity index is 2.25. The van der Waals surface area contributed by atoms with Crippen molar-refractivity contribution < 1.29 is 14.2 Å². The number of fused-ring (bicyclic) bond motifs is 1. The molecule has 0 aliphatic carbocycles. The van der Waals surface area contributed by atoms with Crippen LogP contribution in [0.25, 0.3) is 0 Å². The van der Waals surface area contributed by atoms with E-state index in [1.54, 1.807) is 6.08 Å². The van der Waals surface area contributed by atoms with Crippen molar-refractivity contribution >= 4 is 0 Å². The highest BCUT2D eigenvalue weighted by Gasteiger charge is 2.15. The Morgan fingerprint density at radius 3 is 3.07 bits per heavy atom. The third-order valence-electron chi connectivity index (χ3n) is 1.89. The van der Waals surface area contributed by atoms with Crippen LogP contribution in [-0.4, -0.2) is 19.8 Å². The van der Waals surface area contributed by atoms with Gasteiger partial charge in [0.25, 0.3) is 0 Å². The standard InChI is InChI=1S/C11H12O3/c1-2-6-12-9-4-3-5-10-11(9)14-8-7-13-10/h2-5H,1,6-8H2. The summed E-state index contributed by atoms with van der Waals surface area (Å²) >= 11 is 0. The molecule has 3 heteroatoms. The maximum Gasteiger partial charge on any atom is 0.203 e. The van der Waals surface area contributed by atoms with Crippen molar-refractivity contribution in [3.8, 4) is 17.2 Å². The summed E-state index contributed by atoms with van der Waals surface area (Å²) in [6.45, 7) is 5.23. The van der Waals surface area contributed by atoms with E-state index < -0.39 is 0 Å². The molecular weight excluding hydrogens is 180 g/mol. The molecule has 74 valence electrons. The van der Waals surface area contributed by atoms with Gasteiger partial charge in [0.2, 0.25) is 5.75 Å². The number of hydrogen-bond acceptors (Lipinski definition) is 3. The monoisotopic (exact) mass is 192 g/mol. The van der Waals surface area contributed by atoms with Gasteiger partial charge in [-0.2, -0.15) is 0 Å². The van der Waals surface area contributed by atoms with Crippen LogP contribution in [0.5, 0.6) is 17.2 Å². The molecule has 1 aliphatic heterocycles. The van der Waals surface area contributed by atoms with Gasteiger partial charge in [0, 0.05) is 0 Å². The van der Waals surface area contributed by atoms with E-state index >= 15 is 0 Å². The summed E-state index contributed by atoms with van der Waals surface area (Å²) in [6, 6.07) is 5.61. The molecule has 0 atom stereocenters. The van der Waals surface area contributed by atoms with E-state index in [0.29, 0.717) is 31.3 Å². The molecule has 2 rings (SSSR count). The third-order valence-corrected chi connectivity index (χ3v) is 1.89. The first-order chi connectivity index (χ1) is 6.92. The molecule has 0 bridgehead atoms. The molecule has 0 unspecified atom stereocenters. The third kappa shape index (κ3) is 1.66. The lowest BCUT2D eigenvalue weighted by atomic mass is 10.3. The molecule has 0 aromatic heterocycles. The minimum absolute atomic E-state index is 0.472. The minimum atomic E-state index is 0.472. The summed E-state index contributed by atoms with van der Waals surface area (Å²) in [5, 5.41) is 0. The van der Waals surface area contributed by atoms with Crippen molar-refractivity contribution in [3.63, 3.8) is 0 Å². The van der Waals surface area contributed by atoms with Crippen molar-refractivity contribution in [2.75, 3.05) is 19.8 Å². The number of hydrogen-bond donors (Lipinski definition) is 0. The zero-order chi connectivity index (χ0) is 9.80. The summed E-state index contributed by atoms with van der Waals surface area (Å²) in [4.78, 5) is 0. The van der Waals surface area contributed by atoms with Crippen LogP contribution in [0.2, 0.25) is 0 Å². The van der Waals surface area contributed by atoms with Crippen LogP contribution in [0.15, 0.2) is 30.9 Å². The highest BCUT2D eigenvalue weighted by Crippen LogP contribution is 2.38. The molecule has 1 aromatic carbocycles. The number of rotatable bonds is 3. The quantitative estimate of drug-likeness (QED) is 0.686.